The van der Waals surface area contributed by atoms with Gasteiger partial charge in [-0.05, 0) is 18.2 Å². The van der Waals surface area contributed by atoms with Gasteiger partial charge in [0.2, 0.25) is 5.91 Å². The molecule has 1 aliphatic rings. The summed E-state index contributed by atoms with van der Waals surface area (Å²) < 4.78 is 1.02. The number of nitrogens with one attached hydrogen (secondary N) is 2. The van der Waals surface area contributed by atoms with E-state index in [4.69, 9.17) is 5.73 Å². The Hall–Kier alpha value is -3.62. The SMILES string of the molecule is CC(=O)Nc1cc(-n2c(N)c3c(cc2=O)C(=O)NC3=O)ccc1O. The van der Waals surface area contributed by atoms with Crippen LogP contribution in [0.2, 0.25) is 0 Å². The molecule has 9 heteroatoms. The van der Waals surface area contributed by atoms with E-state index in [0.717, 1.165) is 10.6 Å². The molecule has 0 bridgehead atoms. The molecule has 0 fully saturated rings. The number of hydrogen-bond donors (Lipinski definition) is 4. The number of rotatable bonds is 2. The number of aromatic nitrogens is 1. The Labute approximate surface area is 134 Å². The van der Waals surface area contributed by atoms with Gasteiger partial charge in [0.1, 0.15) is 11.6 Å². The van der Waals surface area contributed by atoms with Crippen LogP contribution < -0.4 is 21.9 Å². The van der Waals surface area contributed by atoms with Crippen molar-refractivity contribution in [1.82, 2.24) is 9.88 Å². The zero-order valence-electron chi connectivity index (χ0n) is 12.4. The van der Waals surface area contributed by atoms with Crippen LogP contribution >= 0.6 is 0 Å². The maximum atomic E-state index is 12.3. The molecule has 0 aliphatic carbocycles. The third kappa shape index (κ3) is 2.28. The van der Waals surface area contributed by atoms with Crippen LogP contribution in [-0.2, 0) is 4.79 Å². The topological polar surface area (TPSA) is 144 Å². The van der Waals surface area contributed by atoms with Crippen LogP contribution in [0.4, 0.5) is 11.5 Å². The van der Waals surface area contributed by atoms with Crippen molar-refractivity contribution in [3.63, 3.8) is 0 Å². The molecule has 2 aromatic rings. The number of hydrogen-bond acceptors (Lipinski definition) is 6. The molecule has 122 valence electrons. The van der Waals surface area contributed by atoms with Gasteiger partial charge in [-0.3, -0.25) is 29.1 Å². The van der Waals surface area contributed by atoms with E-state index in [2.05, 4.69) is 10.6 Å². The lowest BCUT2D eigenvalue weighted by Gasteiger charge is -2.14. The summed E-state index contributed by atoms with van der Waals surface area (Å²) >= 11 is 0. The normalized spacial score (nSPS) is 12.7. The molecule has 3 rings (SSSR count). The summed E-state index contributed by atoms with van der Waals surface area (Å²) in [6.45, 7) is 1.26. The number of anilines is 2. The van der Waals surface area contributed by atoms with E-state index < -0.39 is 23.3 Å². The highest BCUT2D eigenvalue weighted by molar-refractivity contribution is 6.23. The van der Waals surface area contributed by atoms with Crippen LogP contribution in [0.15, 0.2) is 29.1 Å². The van der Waals surface area contributed by atoms with Gasteiger partial charge in [-0.15, -0.1) is 0 Å². The number of carbonyl (C=O) groups is 3. The molecule has 0 radical (unpaired) electrons. The highest BCUT2D eigenvalue weighted by Gasteiger charge is 2.31. The van der Waals surface area contributed by atoms with Crippen LogP contribution in [0.5, 0.6) is 5.75 Å². The summed E-state index contributed by atoms with van der Waals surface area (Å²) in [6.07, 6.45) is 0. The van der Waals surface area contributed by atoms with Gasteiger partial charge >= 0.3 is 0 Å². The molecular weight excluding hydrogens is 316 g/mol. The first-order chi connectivity index (χ1) is 11.3. The van der Waals surface area contributed by atoms with Crippen LogP contribution in [0.3, 0.4) is 0 Å². The molecule has 0 spiro atoms. The predicted molar refractivity (Wildman–Crippen MR) is 84.2 cm³/mol. The number of aromatic hydroxyl groups is 1. The van der Waals surface area contributed by atoms with Crippen molar-refractivity contribution in [3.05, 3.63) is 45.7 Å². The monoisotopic (exact) mass is 328 g/mol. The summed E-state index contributed by atoms with van der Waals surface area (Å²) in [5, 5.41) is 14.2. The number of carbonyl (C=O) groups excluding carboxylic acids is 3. The van der Waals surface area contributed by atoms with Crippen molar-refractivity contribution in [2.24, 2.45) is 0 Å². The largest absolute Gasteiger partial charge is 0.506 e. The average Bonchev–Trinajstić information content (AvgIpc) is 2.76. The first kappa shape index (κ1) is 15.3. The number of imide groups is 1. The van der Waals surface area contributed by atoms with Crippen molar-refractivity contribution in [2.45, 2.75) is 6.92 Å². The molecule has 3 amide bonds. The Morgan fingerprint density at radius 1 is 1.21 bits per heavy atom. The molecule has 0 saturated carbocycles. The first-order valence-corrected chi connectivity index (χ1v) is 6.81. The standard InChI is InChI=1S/C15H12N4O5/c1-6(20)17-9-4-7(2-3-10(9)21)19-11(22)5-8-12(13(19)16)15(24)18-14(8)23/h2-5,21H,16H2,1H3,(H,17,20)(H,18,23,24). The molecule has 1 aromatic carbocycles. The Morgan fingerprint density at radius 3 is 2.58 bits per heavy atom. The molecule has 1 aliphatic heterocycles. The second kappa shape index (κ2) is 5.23. The van der Waals surface area contributed by atoms with E-state index in [1.165, 1.54) is 25.1 Å². The van der Waals surface area contributed by atoms with E-state index in [0.29, 0.717) is 0 Å². The Morgan fingerprint density at radius 2 is 1.92 bits per heavy atom. The number of nitrogens with two attached hydrogens (primary N) is 1. The molecule has 1 aromatic heterocycles. The average molecular weight is 328 g/mol. The van der Waals surface area contributed by atoms with Crippen LogP contribution in [0.1, 0.15) is 27.6 Å². The summed E-state index contributed by atoms with van der Waals surface area (Å²) in [6, 6.07) is 5.00. The third-order valence-corrected chi connectivity index (χ3v) is 3.50. The number of nitrogens with zero attached hydrogens (tertiary/aromatic N) is 1. The fourth-order valence-electron chi connectivity index (χ4n) is 2.50. The third-order valence-electron chi connectivity index (χ3n) is 3.50. The van der Waals surface area contributed by atoms with Gasteiger partial charge in [-0.2, -0.15) is 0 Å². The van der Waals surface area contributed by atoms with Gasteiger partial charge < -0.3 is 16.2 Å². The van der Waals surface area contributed by atoms with Crippen molar-refractivity contribution in [1.29, 1.82) is 0 Å². The van der Waals surface area contributed by atoms with Crippen LogP contribution in [0, 0.1) is 0 Å². The van der Waals surface area contributed by atoms with E-state index in [1.807, 2.05) is 0 Å². The fraction of sp³-hybridized carbons (Fsp3) is 0.0667. The van der Waals surface area contributed by atoms with E-state index in [-0.39, 0.29) is 34.1 Å². The molecule has 5 N–H and O–H groups in total. The maximum Gasteiger partial charge on any atom is 0.262 e. The van der Waals surface area contributed by atoms with Gasteiger partial charge in [-0.1, -0.05) is 0 Å². The minimum Gasteiger partial charge on any atom is -0.506 e. The summed E-state index contributed by atoms with van der Waals surface area (Å²) in [5.74, 6) is -2.20. The van der Waals surface area contributed by atoms with Crippen LogP contribution in [-0.4, -0.2) is 27.4 Å². The summed E-state index contributed by atoms with van der Waals surface area (Å²) in [7, 11) is 0. The molecule has 0 unspecified atom stereocenters. The number of fused-ring (bicyclic) bond motifs is 1. The molecule has 2 heterocycles. The van der Waals surface area contributed by atoms with Gasteiger partial charge in [0.05, 0.1) is 22.5 Å². The Bertz CT molecular complexity index is 977. The van der Waals surface area contributed by atoms with Crippen LogP contribution in [0.25, 0.3) is 5.69 Å². The van der Waals surface area contributed by atoms with Crippen molar-refractivity contribution in [3.8, 4) is 11.4 Å². The summed E-state index contributed by atoms with van der Waals surface area (Å²) in [4.78, 5) is 47.0. The number of pyridine rings is 1. The van der Waals surface area contributed by atoms with Crippen molar-refractivity contribution >= 4 is 29.2 Å². The molecule has 0 atom stereocenters. The highest BCUT2D eigenvalue weighted by atomic mass is 16.3. The number of phenolic OH excluding ortho intramolecular Hbond substituents is 1. The molecular formula is C15H12N4O5. The van der Waals surface area contributed by atoms with E-state index in [1.54, 1.807) is 0 Å². The first-order valence-electron chi connectivity index (χ1n) is 6.81. The van der Waals surface area contributed by atoms with Gasteiger partial charge in [-0.25, -0.2) is 0 Å². The molecule has 24 heavy (non-hydrogen) atoms. The zero-order chi connectivity index (χ0) is 17.6. The van der Waals surface area contributed by atoms with E-state index in [9.17, 15) is 24.3 Å². The number of benzene rings is 1. The minimum atomic E-state index is -0.692. The maximum absolute atomic E-state index is 12.3. The summed E-state index contributed by atoms with van der Waals surface area (Å²) in [5.41, 5.74) is 5.40. The second-order valence-electron chi connectivity index (χ2n) is 5.16. The lowest BCUT2D eigenvalue weighted by Crippen LogP contribution is -2.24. The minimum absolute atomic E-state index is 0.0762. The molecule has 9 nitrogen and oxygen atoms in total. The number of phenols is 1. The number of amides is 3. The van der Waals surface area contributed by atoms with Crippen molar-refractivity contribution < 1.29 is 19.5 Å². The van der Waals surface area contributed by atoms with Gasteiger partial charge in [0.25, 0.3) is 17.4 Å². The Kier molecular flexibility index (Phi) is 3.33. The van der Waals surface area contributed by atoms with Crippen molar-refractivity contribution in [2.75, 3.05) is 11.1 Å². The molecule has 0 saturated heterocycles. The predicted octanol–water partition coefficient (Wildman–Crippen LogP) is -0.0327. The fourth-order valence-corrected chi connectivity index (χ4v) is 2.50. The second-order valence-corrected chi connectivity index (χ2v) is 5.16. The van der Waals surface area contributed by atoms with Gasteiger partial charge in [0, 0.05) is 13.0 Å². The lowest BCUT2D eigenvalue weighted by molar-refractivity contribution is -0.114. The lowest BCUT2D eigenvalue weighted by atomic mass is 10.1. The quantitative estimate of drug-likeness (QED) is 0.450. The van der Waals surface area contributed by atoms with E-state index >= 15 is 0 Å². The smallest absolute Gasteiger partial charge is 0.262 e. The van der Waals surface area contributed by atoms with Gasteiger partial charge in [0.15, 0.2) is 0 Å². The Balaban J connectivity index is 2.23. The highest BCUT2D eigenvalue weighted by Crippen LogP contribution is 2.28. The zero-order valence-corrected chi connectivity index (χ0v) is 12.4. The number of nitrogen functional groups attached to an aromatic ring is 1.